The van der Waals surface area contributed by atoms with Gasteiger partial charge in [0.1, 0.15) is 0 Å². The summed E-state index contributed by atoms with van der Waals surface area (Å²) in [5.74, 6) is 0. The van der Waals surface area contributed by atoms with E-state index in [-0.39, 0.29) is 34.1 Å². The third-order valence-corrected chi connectivity index (χ3v) is 4.04. The van der Waals surface area contributed by atoms with Crippen LogP contribution in [0, 0.1) is 0 Å². The molecule has 3 aromatic rings. The molecule has 4 nitrogen and oxygen atoms in total. The van der Waals surface area contributed by atoms with Gasteiger partial charge in [-0.15, -0.1) is 0 Å². The van der Waals surface area contributed by atoms with Crippen LogP contribution < -0.4 is 0 Å². The fourth-order valence-electron chi connectivity index (χ4n) is 2.94. The first-order valence-electron chi connectivity index (χ1n) is 7.85. The van der Waals surface area contributed by atoms with Crippen molar-refractivity contribution in [3.63, 3.8) is 0 Å². The molecule has 5 rings (SSSR count). The Balaban J connectivity index is 0.000000980. The second kappa shape index (κ2) is 7.48. The molecule has 128 valence electrons. The largest absolute Gasteiger partial charge is 0.355 e. The first-order valence-corrected chi connectivity index (χ1v) is 7.85. The van der Waals surface area contributed by atoms with Gasteiger partial charge in [0, 0.05) is 56.2 Å². The van der Waals surface area contributed by atoms with Crippen molar-refractivity contribution in [2.24, 2.45) is 0 Å². The molecule has 0 saturated carbocycles. The summed E-state index contributed by atoms with van der Waals surface area (Å²) in [7, 11) is 0. The maximum absolute atomic E-state index is 4.62. The van der Waals surface area contributed by atoms with E-state index < -0.39 is 0 Å². The van der Waals surface area contributed by atoms with Gasteiger partial charge in [0.25, 0.3) is 0 Å². The van der Waals surface area contributed by atoms with Crippen LogP contribution in [0.3, 0.4) is 0 Å². The van der Waals surface area contributed by atoms with Crippen LogP contribution in [0.15, 0.2) is 48.5 Å². The Labute approximate surface area is 171 Å². The van der Waals surface area contributed by atoms with Gasteiger partial charge in [0.2, 0.25) is 0 Å². The van der Waals surface area contributed by atoms with Gasteiger partial charge in [-0.05, 0) is 72.8 Å². The Morgan fingerprint density at radius 2 is 0.808 bits per heavy atom. The van der Waals surface area contributed by atoms with Crippen LogP contribution in [0.4, 0.5) is 0 Å². The Morgan fingerprint density at radius 1 is 0.462 bits per heavy atom. The number of aromatic nitrogens is 4. The molecular weight excluding hydrogens is 406 g/mol. The second-order valence-corrected chi connectivity index (χ2v) is 5.91. The Kier molecular flexibility index (Phi) is 5.30. The number of rotatable bonds is 0. The van der Waals surface area contributed by atoms with E-state index in [2.05, 4.69) is 50.3 Å². The van der Waals surface area contributed by atoms with Gasteiger partial charge in [-0.1, -0.05) is 0 Å². The van der Waals surface area contributed by atoms with Crippen LogP contribution in [0.25, 0.3) is 46.4 Å². The van der Waals surface area contributed by atoms with Crippen molar-refractivity contribution < 1.29 is 34.1 Å². The maximum atomic E-state index is 4.62. The molecule has 6 heteroatoms. The van der Waals surface area contributed by atoms with E-state index in [9.17, 15) is 0 Å². The second-order valence-electron chi connectivity index (χ2n) is 5.91. The fraction of sp³-hybridized carbons (Fsp3) is 0. The Bertz CT molecular complexity index is 1080. The average molecular weight is 420 g/mol. The predicted molar refractivity (Wildman–Crippen MR) is 98.9 cm³/mol. The SMILES string of the molecule is C1=Cc2cc3ccc(cc4ccc(cc5nc(cc1n2)C=C5)[nH]4)[nH]3.[Mn].[Mn]. The summed E-state index contributed by atoms with van der Waals surface area (Å²) in [6.45, 7) is 0. The summed E-state index contributed by atoms with van der Waals surface area (Å²) in [6.07, 6.45) is 8.05. The minimum Gasteiger partial charge on any atom is -0.355 e. The van der Waals surface area contributed by atoms with Gasteiger partial charge in [0.15, 0.2) is 0 Å². The van der Waals surface area contributed by atoms with Gasteiger partial charge in [-0.2, -0.15) is 0 Å². The van der Waals surface area contributed by atoms with Crippen molar-refractivity contribution in [3.8, 4) is 0 Å². The van der Waals surface area contributed by atoms with Crippen molar-refractivity contribution in [2.45, 2.75) is 0 Å². The van der Waals surface area contributed by atoms with Gasteiger partial charge in [-0.25, -0.2) is 9.97 Å². The normalized spacial score (nSPS) is 11.7. The zero-order chi connectivity index (χ0) is 15.9. The van der Waals surface area contributed by atoms with Crippen molar-refractivity contribution in [2.75, 3.05) is 0 Å². The predicted octanol–water partition coefficient (Wildman–Crippen LogP) is 4.65. The van der Waals surface area contributed by atoms with E-state index in [4.69, 9.17) is 0 Å². The van der Waals surface area contributed by atoms with Crippen LogP contribution in [0.1, 0.15) is 22.8 Å². The van der Waals surface area contributed by atoms with E-state index in [1.165, 1.54) is 0 Å². The fourth-order valence-corrected chi connectivity index (χ4v) is 2.94. The topological polar surface area (TPSA) is 57.4 Å². The number of aromatic amines is 2. The quantitative estimate of drug-likeness (QED) is 0.359. The molecule has 5 heterocycles. The van der Waals surface area contributed by atoms with Gasteiger partial charge in [-0.3, -0.25) is 0 Å². The molecule has 0 amide bonds. The number of hydrogen-bond acceptors (Lipinski definition) is 2. The smallest absolute Gasteiger partial charge is 0.0659 e. The molecular formula is C20H14Mn2N4. The minimum atomic E-state index is 0. The molecule has 2 aliphatic rings. The summed E-state index contributed by atoms with van der Waals surface area (Å²) in [6, 6.07) is 16.4. The Hall–Kier alpha value is -2.36. The van der Waals surface area contributed by atoms with Crippen molar-refractivity contribution in [1.29, 1.82) is 0 Å². The van der Waals surface area contributed by atoms with E-state index in [1.807, 2.05) is 42.5 Å². The van der Waals surface area contributed by atoms with Crippen LogP contribution in [-0.2, 0) is 34.1 Å². The molecule has 0 aromatic carbocycles. The number of nitrogens with one attached hydrogen (secondary N) is 2. The first-order chi connectivity index (χ1) is 11.8. The van der Waals surface area contributed by atoms with Gasteiger partial charge >= 0.3 is 0 Å². The summed E-state index contributed by atoms with van der Waals surface area (Å²) >= 11 is 0. The number of H-pyrrole nitrogens is 2. The van der Waals surface area contributed by atoms with Crippen molar-refractivity contribution in [1.82, 2.24) is 19.9 Å². The van der Waals surface area contributed by atoms with E-state index in [0.29, 0.717) is 0 Å². The van der Waals surface area contributed by atoms with Crippen LogP contribution in [-0.4, -0.2) is 19.9 Å². The number of hydrogen-bond donors (Lipinski definition) is 2. The molecule has 8 bridgehead atoms. The third kappa shape index (κ3) is 3.74. The molecule has 0 atom stereocenters. The molecule has 2 aliphatic heterocycles. The monoisotopic (exact) mass is 420 g/mol. The van der Waals surface area contributed by atoms with Crippen LogP contribution >= 0.6 is 0 Å². The molecule has 2 radical (unpaired) electrons. The van der Waals surface area contributed by atoms with Crippen LogP contribution in [0.5, 0.6) is 0 Å². The molecule has 3 aromatic heterocycles. The van der Waals surface area contributed by atoms with E-state index in [0.717, 1.165) is 44.8 Å². The van der Waals surface area contributed by atoms with Crippen molar-refractivity contribution in [3.05, 3.63) is 71.3 Å². The average Bonchev–Trinajstić information content (AvgIpc) is 3.32. The van der Waals surface area contributed by atoms with E-state index >= 15 is 0 Å². The van der Waals surface area contributed by atoms with Gasteiger partial charge < -0.3 is 9.97 Å². The molecule has 26 heavy (non-hydrogen) atoms. The molecule has 0 unspecified atom stereocenters. The number of nitrogens with zero attached hydrogens (tertiary/aromatic N) is 2. The standard InChI is InChI=1S/C20H14N4.2Mn/c1-2-14-10-16-5-6-18(23-16)12-20-8-7-19(24-20)11-17-4-3-15(22-17)9-13(1)21-14;;/h1-12,21-22H;;. The summed E-state index contributed by atoms with van der Waals surface area (Å²) in [5, 5.41) is 0. The molecule has 0 saturated heterocycles. The van der Waals surface area contributed by atoms with E-state index in [1.54, 1.807) is 0 Å². The van der Waals surface area contributed by atoms with Gasteiger partial charge in [0.05, 0.1) is 22.8 Å². The van der Waals surface area contributed by atoms with Crippen molar-refractivity contribution >= 4 is 46.4 Å². The molecule has 2 N–H and O–H groups in total. The minimum absolute atomic E-state index is 0. The molecule has 0 aliphatic carbocycles. The Morgan fingerprint density at radius 3 is 1.23 bits per heavy atom. The third-order valence-electron chi connectivity index (χ3n) is 4.04. The summed E-state index contributed by atoms with van der Waals surface area (Å²) in [4.78, 5) is 16.0. The van der Waals surface area contributed by atoms with Crippen LogP contribution in [0.2, 0.25) is 0 Å². The maximum Gasteiger partial charge on any atom is 0.0659 e. The molecule has 0 spiro atoms. The molecule has 0 fully saturated rings. The zero-order valence-electron chi connectivity index (χ0n) is 13.6. The number of fused-ring (bicyclic) bond motifs is 8. The summed E-state index contributed by atoms with van der Waals surface area (Å²) < 4.78 is 0. The first kappa shape index (κ1) is 18.4. The zero-order valence-corrected chi connectivity index (χ0v) is 15.9. The summed E-state index contributed by atoms with van der Waals surface area (Å²) in [5.41, 5.74) is 7.86.